The summed E-state index contributed by atoms with van der Waals surface area (Å²) in [6, 6.07) is 2.44. The van der Waals surface area contributed by atoms with E-state index in [0.29, 0.717) is 0 Å². The van der Waals surface area contributed by atoms with E-state index in [0.717, 1.165) is 25.7 Å². The minimum absolute atomic E-state index is 0.375. The highest BCUT2D eigenvalue weighted by Crippen LogP contribution is 2.32. The second-order valence-corrected chi connectivity index (χ2v) is 3.93. The third-order valence-corrected chi connectivity index (χ3v) is 3.05. The molecule has 0 bridgehead atoms. The summed E-state index contributed by atoms with van der Waals surface area (Å²) in [7, 11) is 0. The van der Waals surface area contributed by atoms with Crippen molar-refractivity contribution >= 4 is 0 Å². The van der Waals surface area contributed by atoms with Crippen molar-refractivity contribution in [3.63, 3.8) is 0 Å². The predicted molar refractivity (Wildman–Crippen MR) is 51.3 cm³/mol. The Labute approximate surface area is 83.6 Å². The molecule has 0 saturated heterocycles. The van der Waals surface area contributed by atoms with E-state index >= 15 is 0 Å². The van der Waals surface area contributed by atoms with E-state index in [9.17, 15) is 5.26 Å². The van der Waals surface area contributed by atoms with Crippen LogP contribution in [0.2, 0.25) is 0 Å². The molecule has 4 nitrogen and oxygen atoms in total. The van der Waals surface area contributed by atoms with Crippen LogP contribution in [0, 0.1) is 11.3 Å². The van der Waals surface area contributed by atoms with Gasteiger partial charge in [0, 0.05) is 0 Å². The summed E-state index contributed by atoms with van der Waals surface area (Å²) in [5.41, 5.74) is -0.375. The van der Waals surface area contributed by atoms with Crippen molar-refractivity contribution in [2.45, 2.75) is 44.1 Å². The number of hydrogen-bond donors (Lipinski definition) is 0. The van der Waals surface area contributed by atoms with Gasteiger partial charge in [-0.2, -0.15) is 5.26 Å². The van der Waals surface area contributed by atoms with Crippen LogP contribution in [0.15, 0.2) is 12.7 Å². The van der Waals surface area contributed by atoms with Gasteiger partial charge in [-0.1, -0.05) is 25.7 Å². The van der Waals surface area contributed by atoms with Crippen molar-refractivity contribution in [2.75, 3.05) is 0 Å². The van der Waals surface area contributed by atoms with Crippen molar-refractivity contribution < 1.29 is 0 Å². The molecular formula is C10H14N4. The fraction of sp³-hybridized carbons (Fsp3) is 0.700. The van der Waals surface area contributed by atoms with Crippen LogP contribution in [0.25, 0.3) is 0 Å². The zero-order valence-corrected chi connectivity index (χ0v) is 8.19. The average molecular weight is 190 g/mol. The van der Waals surface area contributed by atoms with Crippen molar-refractivity contribution in [3.05, 3.63) is 12.7 Å². The monoisotopic (exact) mass is 190 g/mol. The Balaban J connectivity index is 2.29. The fourth-order valence-electron chi connectivity index (χ4n) is 2.16. The van der Waals surface area contributed by atoms with Gasteiger partial charge < -0.3 is 4.57 Å². The van der Waals surface area contributed by atoms with Gasteiger partial charge in [0.05, 0.1) is 6.07 Å². The standard InChI is InChI=1S/C10H14N4/c11-7-10(14-8-12-13-9-14)5-3-1-2-4-6-10/h8-9H,1-6H2. The molecule has 0 N–H and O–H groups in total. The summed E-state index contributed by atoms with van der Waals surface area (Å²) in [6.45, 7) is 0. The molecule has 0 atom stereocenters. The molecule has 0 radical (unpaired) electrons. The summed E-state index contributed by atoms with van der Waals surface area (Å²) >= 11 is 0. The van der Waals surface area contributed by atoms with Gasteiger partial charge in [0.2, 0.25) is 0 Å². The maximum absolute atomic E-state index is 9.31. The molecule has 14 heavy (non-hydrogen) atoms. The Morgan fingerprint density at radius 3 is 2.14 bits per heavy atom. The molecule has 1 aliphatic rings. The normalized spacial score (nSPS) is 21.1. The van der Waals surface area contributed by atoms with Crippen LogP contribution in [0.4, 0.5) is 0 Å². The van der Waals surface area contributed by atoms with E-state index < -0.39 is 0 Å². The third kappa shape index (κ3) is 1.50. The van der Waals surface area contributed by atoms with Gasteiger partial charge in [-0.3, -0.25) is 0 Å². The second-order valence-electron chi connectivity index (χ2n) is 3.93. The van der Waals surface area contributed by atoms with Gasteiger partial charge in [-0.05, 0) is 12.8 Å². The van der Waals surface area contributed by atoms with Gasteiger partial charge in [0.25, 0.3) is 0 Å². The lowest BCUT2D eigenvalue weighted by Gasteiger charge is -2.25. The van der Waals surface area contributed by atoms with E-state index in [1.54, 1.807) is 12.7 Å². The summed E-state index contributed by atoms with van der Waals surface area (Å²) in [4.78, 5) is 0. The van der Waals surface area contributed by atoms with Gasteiger partial charge in [0.1, 0.15) is 18.2 Å². The predicted octanol–water partition coefficient (Wildman–Crippen LogP) is 1.85. The van der Waals surface area contributed by atoms with E-state index in [1.807, 2.05) is 4.57 Å². The van der Waals surface area contributed by atoms with Crippen LogP contribution < -0.4 is 0 Å². The molecule has 1 heterocycles. The first-order chi connectivity index (χ1) is 6.87. The largest absolute Gasteiger partial charge is 0.301 e. The minimum atomic E-state index is -0.375. The molecule has 2 rings (SSSR count). The molecule has 4 heteroatoms. The lowest BCUT2D eigenvalue weighted by molar-refractivity contribution is 0.332. The first kappa shape index (κ1) is 9.20. The topological polar surface area (TPSA) is 54.5 Å². The fourth-order valence-corrected chi connectivity index (χ4v) is 2.16. The van der Waals surface area contributed by atoms with E-state index in [1.165, 1.54) is 12.8 Å². The minimum Gasteiger partial charge on any atom is -0.301 e. The summed E-state index contributed by atoms with van der Waals surface area (Å²) in [6.07, 6.45) is 9.93. The highest BCUT2D eigenvalue weighted by atomic mass is 15.3. The lowest BCUT2D eigenvalue weighted by Crippen LogP contribution is -2.30. The Hall–Kier alpha value is -1.37. The molecule has 0 unspecified atom stereocenters. The van der Waals surface area contributed by atoms with E-state index in [-0.39, 0.29) is 5.54 Å². The molecule has 74 valence electrons. The molecule has 0 aliphatic heterocycles. The van der Waals surface area contributed by atoms with Gasteiger partial charge in [0.15, 0.2) is 0 Å². The first-order valence-corrected chi connectivity index (χ1v) is 5.14. The average Bonchev–Trinajstić information content (AvgIpc) is 2.64. The highest BCUT2D eigenvalue weighted by Gasteiger charge is 2.32. The van der Waals surface area contributed by atoms with E-state index in [2.05, 4.69) is 16.3 Å². The quantitative estimate of drug-likeness (QED) is 0.635. The Kier molecular flexibility index (Phi) is 2.49. The Morgan fingerprint density at radius 2 is 1.64 bits per heavy atom. The zero-order chi connectivity index (χ0) is 9.86. The van der Waals surface area contributed by atoms with Gasteiger partial charge >= 0.3 is 0 Å². The maximum Gasteiger partial charge on any atom is 0.134 e. The van der Waals surface area contributed by atoms with Crippen molar-refractivity contribution in [3.8, 4) is 6.07 Å². The van der Waals surface area contributed by atoms with Crippen LogP contribution >= 0.6 is 0 Å². The Morgan fingerprint density at radius 1 is 1.07 bits per heavy atom. The SMILES string of the molecule is N#CC1(n2cnnc2)CCCCCC1. The molecule has 1 aromatic rings. The maximum atomic E-state index is 9.31. The van der Waals surface area contributed by atoms with Crippen LogP contribution in [0.1, 0.15) is 38.5 Å². The molecule has 1 saturated carbocycles. The molecule has 1 aromatic heterocycles. The number of nitrogens with zero attached hydrogens (tertiary/aromatic N) is 4. The lowest BCUT2D eigenvalue weighted by atomic mass is 9.92. The molecule has 0 spiro atoms. The summed E-state index contributed by atoms with van der Waals surface area (Å²) in [5.74, 6) is 0. The molecule has 1 aliphatic carbocycles. The molecule has 1 fully saturated rings. The third-order valence-electron chi connectivity index (χ3n) is 3.05. The molecule has 0 aromatic carbocycles. The van der Waals surface area contributed by atoms with Crippen molar-refractivity contribution in [1.82, 2.24) is 14.8 Å². The van der Waals surface area contributed by atoms with Crippen LogP contribution in [-0.2, 0) is 5.54 Å². The summed E-state index contributed by atoms with van der Waals surface area (Å²) < 4.78 is 1.87. The number of nitriles is 1. The van der Waals surface area contributed by atoms with Crippen LogP contribution in [0.3, 0.4) is 0 Å². The van der Waals surface area contributed by atoms with Crippen molar-refractivity contribution in [2.24, 2.45) is 0 Å². The molecule has 0 amide bonds. The first-order valence-electron chi connectivity index (χ1n) is 5.14. The second kappa shape index (κ2) is 3.79. The summed E-state index contributed by atoms with van der Waals surface area (Å²) in [5, 5.41) is 16.9. The van der Waals surface area contributed by atoms with E-state index in [4.69, 9.17) is 0 Å². The zero-order valence-electron chi connectivity index (χ0n) is 8.19. The van der Waals surface area contributed by atoms with Crippen LogP contribution in [0.5, 0.6) is 0 Å². The van der Waals surface area contributed by atoms with Crippen LogP contribution in [-0.4, -0.2) is 14.8 Å². The van der Waals surface area contributed by atoms with Gasteiger partial charge in [-0.15, -0.1) is 10.2 Å². The van der Waals surface area contributed by atoms with Gasteiger partial charge in [-0.25, -0.2) is 0 Å². The number of rotatable bonds is 1. The number of aromatic nitrogens is 3. The highest BCUT2D eigenvalue weighted by molar-refractivity contribution is 5.05. The Bertz CT molecular complexity index is 314. The number of hydrogen-bond acceptors (Lipinski definition) is 3. The molecular weight excluding hydrogens is 176 g/mol. The van der Waals surface area contributed by atoms with Crippen molar-refractivity contribution in [1.29, 1.82) is 5.26 Å². The smallest absolute Gasteiger partial charge is 0.134 e.